The summed E-state index contributed by atoms with van der Waals surface area (Å²) in [7, 11) is 1.53. The number of H-pyrrole nitrogens is 1. The highest BCUT2D eigenvalue weighted by Gasteiger charge is 2.22. The van der Waals surface area contributed by atoms with Crippen LogP contribution in [0.3, 0.4) is 0 Å². The average Bonchev–Trinajstić information content (AvgIpc) is 3.34. The Kier molecular flexibility index (Phi) is 6.52. The second kappa shape index (κ2) is 9.76. The summed E-state index contributed by atoms with van der Waals surface area (Å²) in [5, 5.41) is 7.25. The first kappa shape index (κ1) is 24.0. The van der Waals surface area contributed by atoms with Crippen molar-refractivity contribution in [1.82, 2.24) is 24.2 Å². The van der Waals surface area contributed by atoms with Crippen molar-refractivity contribution >= 4 is 49.9 Å². The number of likely N-dealkylation sites (N-methyl/N-ethyl adjacent to an activating group) is 1. The van der Waals surface area contributed by atoms with Gasteiger partial charge in [0.05, 0.1) is 11.1 Å². The molecule has 188 valence electrons. The van der Waals surface area contributed by atoms with Crippen molar-refractivity contribution in [1.29, 1.82) is 0 Å². The van der Waals surface area contributed by atoms with E-state index in [9.17, 15) is 8.42 Å². The van der Waals surface area contributed by atoms with Crippen LogP contribution in [0, 0.1) is 0 Å². The Labute approximate surface area is 211 Å². The summed E-state index contributed by atoms with van der Waals surface area (Å²) in [5.41, 5.74) is 3.13. The van der Waals surface area contributed by atoms with Gasteiger partial charge in [0.25, 0.3) is 0 Å². The van der Waals surface area contributed by atoms with Crippen molar-refractivity contribution in [3.8, 4) is 0 Å². The van der Waals surface area contributed by atoms with Gasteiger partial charge in [0, 0.05) is 57.8 Å². The number of para-hydroxylation sites is 1. The molecule has 0 bridgehead atoms. The Balaban J connectivity index is 1.41. The second-order valence-corrected chi connectivity index (χ2v) is 11.1. The fourth-order valence-electron chi connectivity index (χ4n) is 4.16. The first-order valence-electron chi connectivity index (χ1n) is 11.8. The molecule has 3 N–H and O–H groups in total. The van der Waals surface area contributed by atoms with Gasteiger partial charge in [-0.3, -0.25) is 0 Å². The molecule has 1 saturated heterocycles. The number of hydrogen-bond acceptors (Lipinski definition) is 8. The van der Waals surface area contributed by atoms with E-state index >= 15 is 0 Å². The van der Waals surface area contributed by atoms with Crippen LogP contribution in [0.5, 0.6) is 0 Å². The van der Waals surface area contributed by atoms with Crippen LogP contribution in [0.4, 0.5) is 28.8 Å². The molecule has 5 rings (SSSR count). The molecule has 0 amide bonds. The summed E-state index contributed by atoms with van der Waals surface area (Å²) < 4.78 is 26.9. The summed E-state index contributed by atoms with van der Waals surface area (Å²) >= 11 is 0. The maximum absolute atomic E-state index is 12.9. The molecule has 10 nitrogen and oxygen atoms in total. The zero-order valence-electron chi connectivity index (χ0n) is 20.6. The molecule has 0 saturated carbocycles. The normalized spacial score (nSPS) is 14.9. The van der Waals surface area contributed by atoms with Gasteiger partial charge in [0.1, 0.15) is 16.4 Å². The molecule has 3 heterocycles. The minimum absolute atomic E-state index is 0.173. The first-order valence-corrected chi connectivity index (χ1v) is 13.2. The van der Waals surface area contributed by atoms with Gasteiger partial charge in [-0.2, -0.15) is 9.97 Å². The standard InChI is InChI=1S/C25H30N8O2S/c1-31(2)36(34,35)22-7-5-4-6-21(22)28-24-20-12-13-26-23(20)29-25(30-24)27-18-8-10-19(11-9-18)33-16-14-32(3)15-17-33/h4-13H,14-17H2,1-3H3,(H3,26,27,28,29,30). The van der Waals surface area contributed by atoms with E-state index in [0.29, 0.717) is 23.1 Å². The minimum Gasteiger partial charge on any atom is -0.369 e. The molecular weight excluding hydrogens is 476 g/mol. The predicted molar refractivity (Wildman–Crippen MR) is 144 cm³/mol. The number of fused-ring (bicyclic) bond motifs is 1. The Morgan fingerprint density at radius 2 is 1.64 bits per heavy atom. The number of aromatic amines is 1. The van der Waals surface area contributed by atoms with Crippen molar-refractivity contribution in [3.05, 3.63) is 60.8 Å². The van der Waals surface area contributed by atoms with Gasteiger partial charge in [0.15, 0.2) is 0 Å². The van der Waals surface area contributed by atoms with Gasteiger partial charge in [-0.15, -0.1) is 0 Å². The number of benzene rings is 2. The summed E-state index contributed by atoms with van der Waals surface area (Å²) in [6.45, 7) is 4.13. The van der Waals surface area contributed by atoms with Crippen LogP contribution in [-0.2, 0) is 10.0 Å². The number of rotatable bonds is 7. The van der Waals surface area contributed by atoms with Crippen molar-refractivity contribution in [3.63, 3.8) is 0 Å². The van der Waals surface area contributed by atoms with Crippen LogP contribution in [-0.4, -0.2) is 79.9 Å². The van der Waals surface area contributed by atoms with Gasteiger partial charge < -0.3 is 25.4 Å². The smallest absolute Gasteiger partial charge is 0.244 e. The zero-order chi connectivity index (χ0) is 25.3. The fourth-order valence-corrected chi connectivity index (χ4v) is 5.20. The van der Waals surface area contributed by atoms with E-state index in [-0.39, 0.29) is 4.90 Å². The molecule has 1 aliphatic rings. The van der Waals surface area contributed by atoms with E-state index in [4.69, 9.17) is 0 Å². The topological polar surface area (TPSA) is 109 Å². The number of aromatic nitrogens is 3. The summed E-state index contributed by atoms with van der Waals surface area (Å²) in [4.78, 5) is 17.3. The second-order valence-electron chi connectivity index (χ2n) is 9.01. The van der Waals surface area contributed by atoms with E-state index in [1.165, 1.54) is 24.1 Å². The monoisotopic (exact) mass is 506 g/mol. The van der Waals surface area contributed by atoms with Gasteiger partial charge >= 0.3 is 0 Å². The molecule has 2 aromatic carbocycles. The Hall–Kier alpha value is -3.67. The van der Waals surface area contributed by atoms with Crippen molar-refractivity contribution in [2.75, 3.05) is 62.9 Å². The van der Waals surface area contributed by atoms with E-state index in [1.54, 1.807) is 30.5 Å². The lowest BCUT2D eigenvalue weighted by atomic mass is 10.2. The van der Waals surface area contributed by atoms with Gasteiger partial charge in [-0.05, 0) is 49.5 Å². The molecular formula is C25H30N8O2S. The van der Waals surface area contributed by atoms with Crippen molar-refractivity contribution < 1.29 is 8.42 Å². The maximum Gasteiger partial charge on any atom is 0.244 e. The van der Waals surface area contributed by atoms with Crippen molar-refractivity contribution in [2.24, 2.45) is 0 Å². The summed E-state index contributed by atoms with van der Waals surface area (Å²) in [6.07, 6.45) is 1.78. The molecule has 11 heteroatoms. The highest BCUT2D eigenvalue weighted by Crippen LogP contribution is 2.30. The third-order valence-corrected chi connectivity index (χ3v) is 8.18. The molecule has 36 heavy (non-hydrogen) atoms. The number of hydrogen-bond donors (Lipinski definition) is 3. The Bertz CT molecular complexity index is 1460. The average molecular weight is 507 g/mol. The number of nitrogens with one attached hydrogen (secondary N) is 3. The minimum atomic E-state index is -3.65. The van der Waals surface area contributed by atoms with Gasteiger partial charge in [-0.25, -0.2) is 12.7 Å². The van der Waals surface area contributed by atoms with Crippen molar-refractivity contribution in [2.45, 2.75) is 4.90 Å². The van der Waals surface area contributed by atoms with Gasteiger partial charge in [-0.1, -0.05) is 12.1 Å². The summed E-state index contributed by atoms with van der Waals surface area (Å²) in [6, 6.07) is 16.9. The summed E-state index contributed by atoms with van der Waals surface area (Å²) in [5.74, 6) is 0.895. The van der Waals surface area contributed by atoms with Crippen LogP contribution in [0.15, 0.2) is 65.7 Å². The van der Waals surface area contributed by atoms with E-state index in [0.717, 1.165) is 37.3 Å². The molecule has 0 unspecified atom stereocenters. The maximum atomic E-state index is 12.9. The molecule has 0 radical (unpaired) electrons. The van der Waals surface area contributed by atoms with E-state index in [2.05, 4.69) is 54.6 Å². The van der Waals surface area contributed by atoms with Gasteiger partial charge in [0.2, 0.25) is 16.0 Å². The molecule has 0 atom stereocenters. The third-order valence-electron chi connectivity index (χ3n) is 6.31. The Morgan fingerprint density at radius 1 is 0.917 bits per heavy atom. The van der Waals surface area contributed by atoms with Crippen LogP contribution in [0.1, 0.15) is 0 Å². The molecule has 1 aliphatic heterocycles. The Morgan fingerprint density at radius 3 is 2.36 bits per heavy atom. The lowest BCUT2D eigenvalue weighted by Gasteiger charge is -2.34. The molecule has 4 aromatic rings. The molecule has 0 aliphatic carbocycles. The van der Waals surface area contributed by atoms with Crippen LogP contribution in [0.2, 0.25) is 0 Å². The lowest BCUT2D eigenvalue weighted by Crippen LogP contribution is -2.44. The number of anilines is 5. The zero-order valence-corrected chi connectivity index (χ0v) is 21.4. The highest BCUT2D eigenvalue weighted by atomic mass is 32.2. The van der Waals surface area contributed by atoms with Crippen LogP contribution >= 0.6 is 0 Å². The SMILES string of the molecule is CN1CCN(c2ccc(Nc3nc(Nc4ccccc4S(=O)(=O)N(C)C)c4cc[nH]c4n3)cc2)CC1. The highest BCUT2D eigenvalue weighted by molar-refractivity contribution is 7.89. The van der Waals surface area contributed by atoms with Crippen LogP contribution < -0.4 is 15.5 Å². The first-order chi connectivity index (χ1) is 17.3. The third kappa shape index (κ3) is 4.85. The van der Waals surface area contributed by atoms with E-state index in [1.807, 2.05) is 18.2 Å². The fraction of sp³-hybridized carbons (Fsp3) is 0.280. The molecule has 0 spiro atoms. The number of piperazine rings is 1. The largest absolute Gasteiger partial charge is 0.369 e. The quantitative estimate of drug-likeness (QED) is 0.350. The lowest BCUT2D eigenvalue weighted by molar-refractivity contribution is 0.313. The van der Waals surface area contributed by atoms with E-state index < -0.39 is 10.0 Å². The number of nitrogens with zero attached hydrogens (tertiary/aromatic N) is 5. The molecule has 2 aromatic heterocycles. The van der Waals surface area contributed by atoms with Crippen LogP contribution in [0.25, 0.3) is 11.0 Å². The molecule has 1 fully saturated rings. The number of sulfonamides is 1. The predicted octanol–water partition coefficient (Wildman–Crippen LogP) is 3.45.